The lowest BCUT2D eigenvalue weighted by molar-refractivity contribution is 0.350. The zero-order valence-corrected chi connectivity index (χ0v) is 15.3. The third kappa shape index (κ3) is 3.40. The van der Waals surface area contributed by atoms with E-state index in [-0.39, 0.29) is 11.2 Å². The molecule has 0 aliphatic heterocycles. The molecule has 0 amide bonds. The van der Waals surface area contributed by atoms with Crippen LogP contribution in [-0.2, 0) is 0 Å². The summed E-state index contributed by atoms with van der Waals surface area (Å²) in [5, 5.41) is 0.913. The molecule has 0 spiro atoms. The average molecular weight is 361 g/mol. The molecule has 0 N–H and O–H groups in total. The Kier molecular flexibility index (Phi) is 4.78. The van der Waals surface area contributed by atoms with E-state index in [1.54, 1.807) is 29.5 Å². The predicted molar refractivity (Wildman–Crippen MR) is 100 cm³/mol. The van der Waals surface area contributed by atoms with E-state index in [9.17, 15) is 4.79 Å². The Balaban J connectivity index is 2.21. The number of rotatable bonds is 4. The van der Waals surface area contributed by atoms with Crippen LogP contribution in [0, 0.1) is 6.92 Å². The molecule has 24 heavy (non-hydrogen) atoms. The van der Waals surface area contributed by atoms with Crippen molar-refractivity contribution in [3.63, 3.8) is 0 Å². The Morgan fingerprint density at radius 3 is 2.75 bits per heavy atom. The zero-order valence-electron chi connectivity index (χ0n) is 13.7. The highest BCUT2D eigenvalue weighted by Crippen LogP contribution is 2.35. The van der Waals surface area contributed by atoms with Crippen molar-refractivity contribution in [3.05, 3.63) is 62.1 Å². The van der Waals surface area contributed by atoms with Crippen LogP contribution in [0.15, 0.2) is 51.2 Å². The Labute approximate surface area is 149 Å². The summed E-state index contributed by atoms with van der Waals surface area (Å²) >= 11 is 7.58. The normalized spacial score (nSPS) is 10.8. The van der Waals surface area contributed by atoms with Gasteiger partial charge in [0.05, 0.1) is 10.3 Å². The van der Waals surface area contributed by atoms with E-state index in [1.165, 1.54) is 0 Å². The molecule has 0 saturated carbocycles. The average Bonchev–Trinajstić information content (AvgIpc) is 2.96. The van der Waals surface area contributed by atoms with E-state index in [0.717, 1.165) is 15.3 Å². The van der Waals surface area contributed by atoms with Crippen molar-refractivity contribution >= 4 is 33.9 Å². The molecule has 0 bridgehead atoms. The van der Waals surface area contributed by atoms with Crippen LogP contribution in [0.5, 0.6) is 5.75 Å². The lowest BCUT2D eigenvalue weighted by atomic mass is 10.2. The van der Waals surface area contributed by atoms with E-state index in [1.807, 2.05) is 39.0 Å². The molecule has 3 rings (SSSR count). The summed E-state index contributed by atoms with van der Waals surface area (Å²) in [5.41, 5.74) is 1.42. The minimum atomic E-state index is -0.207. The van der Waals surface area contributed by atoms with Crippen molar-refractivity contribution in [3.8, 4) is 16.4 Å². The molecule has 124 valence electrons. The van der Waals surface area contributed by atoms with Gasteiger partial charge in [-0.25, -0.2) is 0 Å². The number of fused-ring (bicyclic) bond motifs is 1. The molecule has 2 aromatic heterocycles. The monoisotopic (exact) mass is 360 g/mol. The van der Waals surface area contributed by atoms with Gasteiger partial charge in [-0.05, 0) is 57.2 Å². The van der Waals surface area contributed by atoms with Crippen LogP contribution in [-0.4, -0.2) is 6.61 Å². The number of hydrogen-bond acceptors (Lipinski definition) is 4. The van der Waals surface area contributed by atoms with Crippen LogP contribution >= 0.6 is 22.9 Å². The molecule has 0 fully saturated rings. The molecule has 0 radical (unpaired) electrons. The number of ether oxygens (including phenoxy) is 1. The van der Waals surface area contributed by atoms with Gasteiger partial charge in [0.1, 0.15) is 12.2 Å². The summed E-state index contributed by atoms with van der Waals surface area (Å²) in [4.78, 5) is 14.9. The van der Waals surface area contributed by atoms with Crippen molar-refractivity contribution in [2.45, 2.75) is 20.8 Å². The van der Waals surface area contributed by atoms with Crippen LogP contribution in [0.4, 0.5) is 0 Å². The standard InChI is InChI=1S/C19H17ClO3S/c1-11(2)8-9-22-19-17(21)14-10-13(20)5-6-15(14)23-18(19)16-7-4-12(3)24-16/h4-8,10H,9H2,1-3H3. The van der Waals surface area contributed by atoms with Crippen LogP contribution in [0.1, 0.15) is 18.7 Å². The maximum atomic E-state index is 12.9. The third-order valence-electron chi connectivity index (χ3n) is 3.49. The molecule has 1 aromatic carbocycles. The van der Waals surface area contributed by atoms with Crippen LogP contribution in [0.2, 0.25) is 5.02 Å². The van der Waals surface area contributed by atoms with E-state index >= 15 is 0 Å². The van der Waals surface area contributed by atoms with Crippen LogP contribution < -0.4 is 10.2 Å². The third-order valence-corrected chi connectivity index (χ3v) is 4.73. The van der Waals surface area contributed by atoms with E-state index in [0.29, 0.717) is 28.4 Å². The fourth-order valence-corrected chi connectivity index (χ4v) is 3.31. The second-order valence-corrected chi connectivity index (χ2v) is 7.46. The van der Waals surface area contributed by atoms with Crippen molar-refractivity contribution in [1.82, 2.24) is 0 Å². The molecule has 3 aromatic rings. The molecule has 0 aliphatic carbocycles. The lowest BCUT2D eigenvalue weighted by Crippen LogP contribution is -2.10. The van der Waals surface area contributed by atoms with Crippen molar-refractivity contribution in [2.24, 2.45) is 0 Å². The maximum Gasteiger partial charge on any atom is 0.235 e. The summed E-state index contributed by atoms with van der Waals surface area (Å²) < 4.78 is 11.8. The lowest BCUT2D eigenvalue weighted by Gasteiger charge is -2.09. The van der Waals surface area contributed by atoms with E-state index < -0.39 is 0 Å². The second kappa shape index (κ2) is 6.83. The first-order valence-corrected chi connectivity index (χ1v) is 8.74. The van der Waals surface area contributed by atoms with Gasteiger partial charge in [0.2, 0.25) is 11.2 Å². The smallest absolute Gasteiger partial charge is 0.235 e. The molecule has 5 heteroatoms. The molecule has 0 aliphatic rings. The van der Waals surface area contributed by atoms with Gasteiger partial charge < -0.3 is 9.15 Å². The fraction of sp³-hybridized carbons (Fsp3) is 0.211. The Morgan fingerprint density at radius 1 is 1.29 bits per heavy atom. The molecular formula is C19H17ClO3S. The highest BCUT2D eigenvalue weighted by atomic mass is 35.5. The van der Waals surface area contributed by atoms with Gasteiger partial charge in [-0.15, -0.1) is 11.3 Å². The summed E-state index contributed by atoms with van der Waals surface area (Å²) in [6.45, 7) is 6.29. The summed E-state index contributed by atoms with van der Waals surface area (Å²) in [6.07, 6.45) is 1.92. The van der Waals surface area contributed by atoms with E-state index in [4.69, 9.17) is 20.8 Å². The van der Waals surface area contributed by atoms with Crippen molar-refractivity contribution < 1.29 is 9.15 Å². The first kappa shape index (κ1) is 16.8. The van der Waals surface area contributed by atoms with Crippen LogP contribution in [0.25, 0.3) is 21.6 Å². The van der Waals surface area contributed by atoms with Gasteiger partial charge in [0, 0.05) is 9.90 Å². The second-order valence-electron chi connectivity index (χ2n) is 5.73. The molecular weight excluding hydrogens is 344 g/mol. The quantitative estimate of drug-likeness (QED) is 0.549. The van der Waals surface area contributed by atoms with Crippen molar-refractivity contribution in [2.75, 3.05) is 6.61 Å². The number of benzene rings is 1. The minimum Gasteiger partial charge on any atom is -0.482 e. The van der Waals surface area contributed by atoms with Gasteiger partial charge in [0.15, 0.2) is 5.76 Å². The summed E-state index contributed by atoms with van der Waals surface area (Å²) in [7, 11) is 0. The van der Waals surface area contributed by atoms with Gasteiger partial charge in [-0.3, -0.25) is 4.79 Å². The minimum absolute atomic E-state index is 0.207. The Bertz CT molecular complexity index is 978. The number of hydrogen-bond donors (Lipinski definition) is 0. The topological polar surface area (TPSA) is 39.4 Å². The number of allylic oxidation sites excluding steroid dienone is 1. The number of halogens is 1. The van der Waals surface area contributed by atoms with Gasteiger partial charge in [0.25, 0.3) is 0 Å². The summed E-state index contributed by atoms with van der Waals surface area (Å²) in [6, 6.07) is 8.96. The zero-order chi connectivity index (χ0) is 17.3. The Morgan fingerprint density at radius 2 is 2.08 bits per heavy atom. The highest BCUT2D eigenvalue weighted by molar-refractivity contribution is 7.15. The largest absolute Gasteiger partial charge is 0.482 e. The summed E-state index contributed by atoms with van der Waals surface area (Å²) in [5.74, 6) is 0.694. The number of thiophene rings is 1. The van der Waals surface area contributed by atoms with Crippen molar-refractivity contribution in [1.29, 1.82) is 0 Å². The molecule has 0 atom stereocenters. The molecule has 3 nitrogen and oxygen atoms in total. The van der Waals surface area contributed by atoms with Crippen LogP contribution in [0.3, 0.4) is 0 Å². The van der Waals surface area contributed by atoms with Gasteiger partial charge in [-0.2, -0.15) is 0 Å². The predicted octanol–water partition coefficient (Wildman–Crippen LogP) is 5.83. The van der Waals surface area contributed by atoms with E-state index in [2.05, 4.69) is 0 Å². The first-order valence-electron chi connectivity index (χ1n) is 7.55. The van der Waals surface area contributed by atoms with Gasteiger partial charge in [-0.1, -0.05) is 17.2 Å². The Hall–Kier alpha value is -2.04. The highest BCUT2D eigenvalue weighted by Gasteiger charge is 2.19. The number of aryl methyl sites for hydroxylation is 1. The molecule has 0 unspecified atom stereocenters. The maximum absolute atomic E-state index is 12.9. The SMILES string of the molecule is CC(C)=CCOc1c(-c2ccc(C)s2)oc2ccc(Cl)cc2c1=O. The fourth-order valence-electron chi connectivity index (χ4n) is 2.29. The molecule has 0 saturated heterocycles. The van der Waals surface area contributed by atoms with Gasteiger partial charge >= 0.3 is 0 Å². The first-order chi connectivity index (χ1) is 11.5. The molecule has 2 heterocycles.